The van der Waals surface area contributed by atoms with Crippen LogP contribution < -0.4 is 0 Å². The first kappa shape index (κ1) is 22.1. The molecule has 0 radical (unpaired) electrons. The van der Waals surface area contributed by atoms with Crippen molar-refractivity contribution in [3.05, 3.63) is 41.2 Å². The Bertz CT molecular complexity index is 1160. The first-order valence-corrected chi connectivity index (χ1v) is 11.2. The lowest BCUT2D eigenvalue weighted by Gasteiger charge is -2.32. The summed E-state index contributed by atoms with van der Waals surface area (Å²) in [6.45, 7) is 7.61. The predicted octanol–water partition coefficient (Wildman–Crippen LogP) is 4.55. The number of furan rings is 1. The highest BCUT2D eigenvalue weighted by Crippen LogP contribution is 2.42. The zero-order chi connectivity index (χ0) is 22.8. The third kappa shape index (κ3) is 3.93. The smallest absolute Gasteiger partial charge is 0.342 e. The second-order valence-corrected chi connectivity index (χ2v) is 8.16. The van der Waals surface area contributed by atoms with E-state index in [1.807, 2.05) is 24.3 Å². The second-order valence-electron chi connectivity index (χ2n) is 8.16. The minimum atomic E-state index is -0.470. The van der Waals surface area contributed by atoms with Crippen molar-refractivity contribution in [3.63, 3.8) is 0 Å². The topological polar surface area (TPSA) is 89.2 Å². The maximum Gasteiger partial charge on any atom is 0.342 e. The molecule has 0 saturated carbocycles. The Balaban J connectivity index is 1.83. The first-order valence-electron chi connectivity index (χ1n) is 11.2. The standard InChI is InChI=1S/C25H29NO6/c1-4-30-24(28)16-9-8-12-26(13-16)14-19-21-20(25(29)31-5-2)15(3)32-23(21)18-11-7-6-10-17(18)22(19)27/h6-7,10-11,16,27H,4-5,8-9,12-14H2,1-3H3. The van der Waals surface area contributed by atoms with Crippen LogP contribution in [-0.4, -0.2) is 48.2 Å². The number of ether oxygens (including phenoxy) is 2. The summed E-state index contributed by atoms with van der Waals surface area (Å²) in [7, 11) is 0. The van der Waals surface area contributed by atoms with E-state index in [2.05, 4.69) is 4.90 Å². The summed E-state index contributed by atoms with van der Waals surface area (Å²) in [5.41, 5.74) is 1.52. The molecule has 1 unspecified atom stereocenters. The Hall–Kier alpha value is -3.06. The number of nitrogens with zero attached hydrogens (tertiary/aromatic N) is 1. The van der Waals surface area contributed by atoms with Crippen molar-refractivity contribution < 1.29 is 28.6 Å². The molecule has 7 heteroatoms. The summed E-state index contributed by atoms with van der Waals surface area (Å²) in [5.74, 6) is -0.271. The van der Waals surface area contributed by atoms with Gasteiger partial charge in [0.2, 0.25) is 0 Å². The second kappa shape index (κ2) is 9.20. The van der Waals surface area contributed by atoms with Crippen molar-refractivity contribution in [3.8, 4) is 5.75 Å². The Kier molecular flexibility index (Phi) is 6.37. The van der Waals surface area contributed by atoms with Crippen LogP contribution in [0.15, 0.2) is 28.7 Å². The van der Waals surface area contributed by atoms with Crippen molar-refractivity contribution in [1.82, 2.24) is 4.90 Å². The maximum atomic E-state index is 12.8. The molecule has 1 aliphatic rings. The van der Waals surface area contributed by atoms with E-state index in [1.54, 1.807) is 20.8 Å². The van der Waals surface area contributed by atoms with Gasteiger partial charge in [0.15, 0.2) is 0 Å². The highest BCUT2D eigenvalue weighted by atomic mass is 16.5. The molecule has 2 aromatic carbocycles. The van der Waals surface area contributed by atoms with Gasteiger partial charge in [0, 0.05) is 34.8 Å². The molecule has 7 nitrogen and oxygen atoms in total. The van der Waals surface area contributed by atoms with Gasteiger partial charge in [-0.15, -0.1) is 0 Å². The van der Waals surface area contributed by atoms with Crippen LogP contribution in [0.25, 0.3) is 21.7 Å². The normalized spacial score (nSPS) is 17.0. The van der Waals surface area contributed by atoms with Gasteiger partial charge in [0.05, 0.1) is 19.1 Å². The van der Waals surface area contributed by atoms with Crippen LogP contribution in [-0.2, 0) is 20.8 Å². The van der Waals surface area contributed by atoms with Gasteiger partial charge in [-0.3, -0.25) is 9.69 Å². The Labute approximate surface area is 186 Å². The van der Waals surface area contributed by atoms with Gasteiger partial charge in [0.1, 0.15) is 22.7 Å². The molecule has 1 N–H and O–H groups in total. The molecule has 0 spiro atoms. The number of hydrogen-bond acceptors (Lipinski definition) is 7. The zero-order valence-electron chi connectivity index (χ0n) is 18.8. The molecule has 1 aliphatic heterocycles. The number of phenolic OH excluding ortho intramolecular Hbond substituents is 1. The van der Waals surface area contributed by atoms with Crippen LogP contribution in [0.1, 0.15) is 48.4 Å². The van der Waals surface area contributed by atoms with Gasteiger partial charge in [-0.25, -0.2) is 4.79 Å². The van der Waals surface area contributed by atoms with Crippen LogP contribution in [0.2, 0.25) is 0 Å². The largest absolute Gasteiger partial charge is 0.507 e. The van der Waals surface area contributed by atoms with Crippen molar-refractivity contribution in [2.45, 2.75) is 40.2 Å². The number of carbonyl (C=O) groups excluding carboxylic acids is 2. The minimum absolute atomic E-state index is 0.123. The van der Waals surface area contributed by atoms with E-state index < -0.39 is 5.97 Å². The zero-order valence-corrected chi connectivity index (χ0v) is 18.8. The molecule has 0 amide bonds. The first-order chi connectivity index (χ1) is 15.5. The van der Waals surface area contributed by atoms with Gasteiger partial charge in [-0.05, 0) is 40.2 Å². The SMILES string of the molecule is CCOC(=O)c1c(C)oc2c1c(CN1CCCC(C(=O)OCC)C1)c(O)c1ccccc12. The van der Waals surface area contributed by atoms with Gasteiger partial charge in [0.25, 0.3) is 0 Å². The van der Waals surface area contributed by atoms with Crippen LogP contribution in [0, 0.1) is 12.8 Å². The van der Waals surface area contributed by atoms with E-state index in [0.29, 0.717) is 52.9 Å². The number of aromatic hydroxyl groups is 1. The van der Waals surface area contributed by atoms with E-state index in [4.69, 9.17) is 13.9 Å². The number of piperidine rings is 1. The van der Waals surface area contributed by atoms with Crippen LogP contribution in [0.5, 0.6) is 5.75 Å². The molecule has 1 aromatic heterocycles. The molecule has 0 aliphatic carbocycles. The highest BCUT2D eigenvalue weighted by Gasteiger charge is 2.30. The average Bonchev–Trinajstić information content (AvgIpc) is 3.14. The molecule has 2 heterocycles. The quantitative estimate of drug-likeness (QED) is 0.564. The summed E-state index contributed by atoms with van der Waals surface area (Å²) >= 11 is 0. The number of hydrogen-bond donors (Lipinski definition) is 1. The number of likely N-dealkylation sites (tertiary alicyclic amines) is 1. The van der Waals surface area contributed by atoms with E-state index in [1.165, 1.54) is 0 Å². The van der Waals surface area contributed by atoms with Gasteiger partial charge in [-0.2, -0.15) is 0 Å². The van der Waals surface area contributed by atoms with E-state index in [9.17, 15) is 14.7 Å². The average molecular weight is 440 g/mol. The van der Waals surface area contributed by atoms with Crippen LogP contribution >= 0.6 is 0 Å². The molecular formula is C25H29NO6. The van der Waals surface area contributed by atoms with Gasteiger partial charge in [-0.1, -0.05) is 24.3 Å². The summed E-state index contributed by atoms with van der Waals surface area (Å²) in [5, 5.41) is 13.3. The lowest BCUT2D eigenvalue weighted by molar-refractivity contribution is -0.150. The Morgan fingerprint density at radius 2 is 1.88 bits per heavy atom. The fraction of sp³-hybridized carbons (Fsp3) is 0.440. The molecule has 4 rings (SSSR count). The number of carbonyl (C=O) groups is 2. The van der Waals surface area contributed by atoms with Crippen molar-refractivity contribution in [1.29, 1.82) is 0 Å². The third-order valence-corrected chi connectivity index (χ3v) is 6.09. The predicted molar refractivity (Wildman–Crippen MR) is 121 cm³/mol. The van der Waals surface area contributed by atoms with Gasteiger partial charge < -0.3 is 19.0 Å². The summed E-state index contributed by atoms with van der Waals surface area (Å²) in [4.78, 5) is 27.2. The summed E-state index contributed by atoms with van der Waals surface area (Å²) in [6, 6.07) is 7.44. The van der Waals surface area contributed by atoms with Crippen molar-refractivity contribution in [2.24, 2.45) is 5.92 Å². The Morgan fingerprint density at radius 3 is 2.59 bits per heavy atom. The minimum Gasteiger partial charge on any atom is -0.507 e. The molecular weight excluding hydrogens is 410 g/mol. The van der Waals surface area contributed by atoms with Crippen molar-refractivity contribution >= 4 is 33.7 Å². The maximum absolute atomic E-state index is 12.8. The summed E-state index contributed by atoms with van der Waals surface area (Å²) in [6.07, 6.45) is 1.64. The lowest BCUT2D eigenvalue weighted by Crippen LogP contribution is -2.39. The molecule has 0 bridgehead atoms. The number of esters is 2. The molecule has 1 saturated heterocycles. The fourth-order valence-electron chi connectivity index (χ4n) is 4.67. The number of aryl methyl sites for hydroxylation is 1. The number of phenols is 1. The molecule has 32 heavy (non-hydrogen) atoms. The number of rotatable bonds is 6. The van der Waals surface area contributed by atoms with Crippen molar-refractivity contribution in [2.75, 3.05) is 26.3 Å². The lowest BCUT2D eigenvalue weighted by atomic mass is 9.94. The molecule has 3 aromatic rings. The highest BCUT2D eigenvalue weighted by molar-refractivity contribution is 6.16. The fourth-order valence-corrected chi connectivity index (χ4v) is 4.67. The molecule has 1 fully saturated rings. The Morgan fingerprint density at radius 1 is 1.16 bits per heavy atom. The van der Waals surface area contributed by atoms with Crippen LogP contribution in [0.3, 0.4) is 0 Å². The molecule has 170 valence electrons. The van der Waals surface area contributed by atoms with Crippen LogP contribution in [0.4, 0.5) is 0 Å². The third-order valence-electron chi connectivity index (χ3n) is 6.09. The van der Waals surface area contributed by atoms with E-state index in [0.717, 1.165) is 24.8 Å². The number of benzene rings is 2. The monoisotopic (exact) mass is 439 g/mol. The van der Waals surface area contributed by atoms with E-state index >= 15 is 0 Å². The number of fused-ring (bicyclic) bond motifs is 3. The van der Waals surface area contributed by atoms with Gasteiger partial charge >= 0.3 is 11.9 Å². The van der Waals surface area contributed by atoms with E-state index in [-0.39, 0.29) is 24.2 Å². The molecule has 1 atom stereocenters. The summed E-state index contributed by atoms with van der Waals surface area (Å²) < 4.78 is 16.6.